The Bertz CT molecular complexity index is 262. The van der Waals surface area contributed by atoms with Crippen molar-refractivity contribution in [2.24, 2.45) is 9.98 Å². The van der Waals surface area contributed by atoms with Crippen molar-refractivity contribution in [2.75, 3.05) is 6.54 Å². The van der Waals surface area contributed by atoms with Gasteiger partial charge in [0.1, 0.15) is 0 Å². The van der Waals surface area contributed by atoms with E-state index in [1.54, 1.807) is 12.3 Å². The van der Waals surface area contributed by atoms with Crippen molar-refractivity contribution in [1.82, 2.24) is 5.32 Å². The standard InChI is InChI=1S/C11H17N3/c1-5-8-13-11(12-7-3)14-9-10(4)6-2/h5,7-8H,1,3-4,6,9H2,2H3,(H,12,14)/b13-8-. The van der Waals surface area contributed by atoms with Crippen molar-refractivity contribution in [3.63, 3.8) is 0 Å². The minimum Gasteiger partial charge on any atom is -0.350 e. The summed E-state index contributed by atoms with van der Waals surface area (Å²) in [6.45, 7) is 13.6. The molecule has 0 bridgehead atoms. The summed E-state index contributed by atoms with van der Waals surface area (Å²) in [5.74, 6) is 0.523. The van der Waals surface area contributed by atoms with Crippen molar-refractivity contribution >= 4 is 12.2 Å². The quantitative estimate of drug-likeness (QED) is 0.404. The highest BCUT2D eigenvalue weighted by atomic mass is 15.1. The highest BCUT2D eigenvalue weighted by Gasteiger charge is 1.94. The van der Waals surface area contributed by atoms with Gasteiger partial charge < -0.3 is 5.32 Å². The fraction of sp³-hybridized carbons (Fsp3) is 0.273. The Hall–Kier alpha value is -1.64. The summed E-state index contributed by atoms with van der Waals surface area (Å²) >= 11 is 0. The monoisotopic (exact) mass is 191 g/mol. The lowest BCUT2D eigenvalue weighted by molar-refractivity contribution is 0.918. The third-order valence-corrected chi connectivity index (χ3v) is 1.51. The van der Waals surface area contributed by atoms with Crippen LogP contribution in [0.25, 0.3) is 0 Å². The molecule has 0 aliphatic rings. The molecule has 0 radical (unpaired) electrons. The predicted octanol–water partition coefficient (Wildman–Crippen LogP) is 2.30. The number of aliphatic imine (C=N–C) groups is 2. The van der Waals surface area contributed by atoms with Crippen molar-refractivity contribution in [2.45, 2.75) is 13.3 Å². The van der Waals surface area contributed by atoms with Gasteiger partial charge in [0.15, 0.2) is 0 Å². The molecule has 0 aliphatic heterocycles. The lowest BCUT2D eigenvalue weighted by atomic mass is 10.2. The smallest absolute Gasteiger partial charge is 0.222 e. The van der Waals surface area contributed by atoms with E-state index in [1.807, 2.05) is 0 Å². The van der Waals surface area contributed by atoms with Gasteiger partial charge in [-0.05, 0) is 6.42 Å². The van der Waals surface area contributed by atoms with E-state index < -0.39 is 0 Å². The minimum absolute atomic E-state index is 0.523. The fourth-order valence-electron chi connectivity index (χ4n) is 0.663. The van der Waals surface area contributed by atoms with Crippen LogP contribution < -0.4 is 5.32 Å². The number of allylic oxidation sites excluding steroid dienone is 1. The van der Waals surface area contributed by atoms with Gasteiger partial charge in [-0.25, -0.2) is 9.98 Å². The summed E-state index contributed by atoms with van der Waals surface area (Å²) in [6, 6.07) is 0. The van der Waals surface area contributed by atoms with Gasteiger partial charge in [-0.2, -0.15) is 0 Å². The fourth-order valence-corrected chi connectivity index (χ4v) is 0.663. The zero-order valence-electron chi connectivity index (χ0n) is 8.66. The van der Waals surface area contributed by atoms with Gasteiger partial charge in [-0.3, -0.25) is 0 Å². The molecule has 0 fully saturated rings. The van der Waals surface area contributed by atoms with Crippen LogP contribution in [-0.2, 0) is 0 Å². The summed E-state index contributed by atoms with van der Waals surface area (Å²) in [6.07, 6.45) is 5.55. The predicted molar refractivity (Wildman–Crippen MR) is 63.8 cm³/mol. The van der Waals surface area contributed by atoms with E-state index >= 15 is 0 Å². The van der Waals surface area contributed by atoms with E-state index in [2.05, 4.69) is 42.0 Å². The molecule has 0 aliphatic carbocycles. The van der Waals surface area contributed by atoms with Crippen LogP contribution in [0.3, 0.4) is 0 Å². The van der Waals surface area contributed by atoms with Gasteiger partial charge in [-0.1, -0.05) is 38.3 Å². The van der Waals surface area contributed by atoms with Gasteiger partial charge in [-0.15, -0.1) is 0 Å². The van der Waals surface area contributed by atoms with Gasteiger partial charge >= 0.3 is 0 Å². The second kappa shape index (κ2) is 7.98. The molecule has 14 heavy (non-hydrogen) atoms. The highest BCUT2D eigenvalue weighted by molar-refractivity contribution is 5.91. The van der Waals surface area contributed by atoms with E-state index in [4.69, 9.17) is 0 Å². The number of nitrogens with zero attached hydrogens (tertiary/aromatic N) is 2. The molecule has 0 aromatic rings. The minimum atomic E-state index is 0.523. The van der Waals surface area contributed by atoms with E-state index in [-0.39, 0.29) is 0 Å². The van der Waals surface area contributed by atoms with Crippen LogP contribution in [0.1, 0.15) is 13.3 Å². The first-order valence-corrected chi connectivity index (χ1v) is 4.48. The maximum Gasteiger partial charge on any atom is 0.222 e. The molecule has 0 aromatic heterocycles. The zero-order chi connectivity index (χ0) is 10.8. The average Bonchev–Trinajstić information content (AvgIpc) is 2.21. The van der Waals surface area contributed by atoms with Crippen LogP contribution in [-0.4, -0.2) is 18.7 Å². The maximum atomic E-state index is 4.02. The van der Waals surface area contributed by atoms with E-state index in [0.717, 1.165) is 12.0 Å². The Kier molecular flexibility index (Phi) is 7.05. The van der Waals surface area contributed by atoms with Crippen molar-refractivity contribution in [3.05, 3.63) is 37.6 Å². The largest absolute Gasteiger partial charge is 0.350 e. The molecule has 0 heterocycles. The molecular weight excluding hydrogens is 174 g/mol. The van der Waals surface area contributed by atoms with Gasteiger partial charge in [0.2, 0.25) is 5.96 Å². The van der Waals surface area contributed by atoms with Crippen LogP contribution in [0.5, 0.6) is 0 Å². The maximum absolute atomic E-state index is 4.02. The first kappa shape index (κ1) is 12.4. The molecule has 3 heteroatoms. The van der Waals surface area contributed by atoms with Crippen LogP contribution in [0.15, 0.2) is 47.6 Å². The van der Waals surface area contributed by atoms with E-state index in [9.17, 15) is 0 Å². The van der Waals surface area contributed by atoms with E-state index in [0.29, 0.717) is 12.5 Å². The summed E-state index contributed by atoms with van der Waals surface area (Å²) in [4.78, 5) is 7.97. The third kappa shape index (κ3) is 5.94. The first-order valence-electron chi connectivity index (χ1n) is 4.48. The highest BCUT2D eigenvalue weighted by Crippen LogP contribution is 1.93. The normalized spacial score (nSPS) is 11.4. The van der Waals surface area contributed by atoms with Gasteiger partial charge in [0.25, 0.3) is 0 Å². The van der Waals surface area contributed by atoms with Crippen LogP contribution >= 0.6 is 0 Å². The summed E-state index contributed by atoms with van der Waals surface area (Å²) in [5.41, 5.74) is 1.11. The Labute approximate surface area is 85.7 Å². The second-order valence-corrected chi connectivity index (χ2v) is 2.61. The van der Waals surface area contributed by atoms with Crippen molar-refractivity contribution in [1.29, 1.82) is 0 Å². The molecule has 1 N–H and O–H groups in total. The Morgan fingerprint density at radius 1 is 1.43 bits per heavy atom. The van der Waals surface area contributed by atoms with Crippen LogP contribution in [0, 0.1) is 0 Å². The Balaban J connectivity index is 4.17. The summed E-state index contributed by atoms with van der Waals surface area (Å²) < 4.78 is 0. The van der Waals surface area contributed by atoms with Gasteiger partial charge in [0.05, 0.1) is 0 Å². The molecular formula is C11H17N3. The number of hydrogen-bond donors (Lipinski definition) is 1. The molecule has 0 amide bonds. The Morgan fingerprint density at radius 2 is 2.14 bits per heavy atom. The topological polar surface area (TPSA) is 36.8 Å². The second-order valence-electron chi connectivity index (χ2n) is 2.61. The third-order valence-electron chi connectivity index (χ3n) is 1.51. The number of nitrogens with one attached hydrogen (secondary N) is 1. The molecule has 0 atom stereocenters. The average molecular weight is 191 g/mol. The lowest BCUT2D eigenvalue weighted by Gasteiger charge is -2.05. The Morgan fingerprint density at radius 3 is 2.64 bits per heavy atom. The van der Waals surface area contributed by atoms with E-state index in [1.165, 1.54) is 6.20 Å². The molecule has 0 aromatic carbocycles. The SMILES string of the molecule is C=C/C=N\C(=N/C=C)NCC(=C)CC. The number of rotatable bonds is 5. The zero-order valence-corrected chi connectivity index (χ0v) is 8.66. The van der Waals surface area contributed by atoms with Gasteiger partial charge in [0, 0.05) is 19.0 Å². The van der Waals surface area contributed by atoms with Crippen LogP contribution in [0.2, 0.25) is 0 Å². The molecule has 0 saturated carbocycles. The molecule has 0 spiro atoms. The number of hydrogen-bond acceptors (Lipinski definition) is 1. The molecule has 0 rings (SSSR count). The van der Waals surface area contributed by atoms with Crippen LogP contribution in [0.4, 0.5) is 0 Å². The first-order chi connectivity index (χ1) is 6.74. The molecule has 76 valence electrons. The summed E-state index contributed by atoms with van der Waals surface area (Å²) in [5, 5.41) is 3.04. The molecule has 0 saturated heterocycles. The molecule has 0 unspecified atom stereocenters. The lowest BCUT2D eigenvalue weighted by Crippen LogP contribution is -2.23. The summed E-state index contributed by atoms with van der Waals surface area (Å²) in [7, 11) is 0. The number of guanidine groups is 1. The van der Waals surface area contributed by atoms with Crippen molar-refractivity contribution in [3.8, 4) is 0 Å². The molecule has 3 nitrogen and oxygen atoms in total. The van der Waals surface area contributed by atoms with Crippen molar-refractivity contribution < 1.29 is 0 Å².